The topological polar surface area (TPSA) is 91.7 Å². The van der Waals surface area contributed by atoms with Crippen molar-refractivity contribution in [1.82, 2.24) is 15.0 Å². The highest BCUT2D eigenvalue weighted by Crippen LogP contribution is 2.11. The molecule has 0 aliphatic heterocycles. The van der Waals surface area contributed by atoms with E-state index < -0.39 is 0 Å². The second kappa shape index (κ2) is 4.75. The summed E-state index contributed by atoms with van der Waals surface area (Å²) in [7, 11) is 1.76. The Hall–Kier alpha value is -1.61. The van der Waals surface area contributed by atoms with Crippen molar-refractivity contribution in [1.29, 1.82) is 5.26 Å². The molecule has 1 aromatic heterocycles. The van der Waals surface area contributed by atoms with Crippen LogP contribution >= 0.6 is 11.6 Å². The molecule has 1 aromatic rings. The molecule has 0 aromatic carbocycles. The van der Waals surface area contributed by atoms with E-state index in [1.165, 1.54) is 0 Å². The molecule has 0 saturated carbocycles. The van der Waals surface area contributed by atoms with Crippen molar-refractivity contribution in [3.8, 4) is 6.07 Å². The molecule has 6 nitrogen and oxygen atoms in total. The van der Waals surface area contributed by atoms with Crippen molar-refractivity contribution >= 4 is 23.5 Å². The Labute approximate surface area is 92.7 Å². The van der Waals surface area contributed by atoms with Gasteiger partial charge in [0, 0.05) is 13.6 Å². The molecule has 0 fully saturated rings. The van der Waals surface area contributed by atoms with E-state index in [1.807, 2.05) is 6.92 Å². The molecular formula is C8H11ClN6. The molecule has 1 rings (SSSR count). The van der Waals surface area contributed by atoms with Crippen molar-refractivity contribution in [3.63, 3.8) is 0 Å². The van der Waals surface area contributed by atoms with Crippen LogP contribution in [-0.2, 0) is 0 Å². The molecule has 7 heteroatoms. The summed E-state index contributed by atoms with van der Waals surface area (Å²) in [5.41, 5.74) is 5.42. The zero-order valence-corrected chi connectivity index (χ0v) is 9.23. The van der Waals surface area contributed by atoms with Gasteiger partial charge in [-0.25, -0.2) is 0 Å². The molecule has 15 heavy (non-hydrogen) atoms. The highest BCUT2D eigenvalue weighted by molar-refractivity contribution is 6.28. The standard InChI is InChI=1S/C8H11ClN6/c1-5(3-10)4-15(2)8-13-6(9)12-7(11)14-8/h5H,4H2,1-2H3,(H2,11,12,13,14). The Morgan fingerprint density at radius 1 is 1.53 bits per heavy atom. The summed E-state index contributed by atoms with van der Waals surface area (Å²) in [6.45, 7) is 2.32. The Kier molecular flexibility index (Phi) is 3.63. The number of nitrogens with two attached hydrogens (primary N) is 1. The van der Waals surface area contributed by atoms with Crippen LogP contribution in [0.1, 0.15) is 6.92 Å². The van der Waals surface area contributed by atoms with Crippen molar-refractivity contribution in [2.24, 2.45) is 5.92 Å². The minimum Gasteiger partial charge on any atom is -0.368 e. The third-order valence-electron chi connectivity index (χ3n) is 1.72. The van der Waals surface area contributed by atoms with E-state index >= 15 is 0 Å². The van der Waals surface area contributed by atoms with Gasteiger partial charge in [-0.15, -0.1) is 0 Å². The largest absolute Gasteiger partial charge is 0.368 e. The van der Waals surface area contributed by atoms with Gasteiger partial charge < -0.3 is 10.6 Å². The van der Waals surface area contributed by atoms with Crippen LogP contribution in [0.4, 0.5) is 11.9 Å². The van der Waals surface area contributed by atoms with Crippen LogP contribution < -0.4 is 10.6 Å². The molecule has 1 atom stereocenters. The Morgan fingerprint density at radius 3 is 2.73 bits per heavy atom. The molecule has 0 saturated heterocycles. The van der Waals surface area contributed by atoms with E-state index in [9.17, 15) is 0 Å². The van der Waals surface area contributed by atoms with Crippen LogP contribution in [0.2, 0.25) is 5.28 Å². The number of hydrogen-bond donors (Lipinski definition) is 1. The zero-order chi connectivity index (χ0) is 11.4. The number of aromatic nitrogens is 3. The molecular weight excluding hydrogens is 216 g/mol. The van der Waals surface area contributed by atoms with E-state index in [0.717, 1.165) is 0 Å². The maximum absolute atomic E-state index is 8.66. The van der Waals surface area contributed by atoms with Gasteiger partial charge in [0.15, 0.2) is 0 Å². The highest BCUT2D eigenvalue weighted by atomic mass is 35.5. The van der Waals surface area contributed by atoms with Crippen LogP contribution in [0.15, 0.2) is 0 Å². The predicted octanol–water partition coefficient (Wildman–Crippen LogP) is 0.703. The maximum atomic E-state index is 8.66. The van der Waals surface area contributed by atoms with E-state index in [1.54, 1.807) is 11.9 Å². The second-order valence-corrected chi connectivity index (χ2v) is 3.51. The van der Waals surface area contributed by atoms with Crippen LogP contribution in [0.5, 0.6) is 0 Å². The first-order chi connectivity index (χ1) is 7.02. The number of rotatable bonds is 3. The summed E-state index contributed by atoms with van der Waals surface area (Å²) in [5.74, 6) is 0.322. The highest BCUT2D eigenvalue weighted by Gasteiger charge is 2.10. The third-order valence-corrected chi connectivity index (χ3v) is 1.89. The van der Waals surface area contributed by atoms with Crippen molar-refractivity contribution in [3.05, 3.63) is 5.28 Å². The maximum Gasteiger partial charge on any atom is 0.231 e. The average Bonchev–Trinajstić information content (AvgIpc) is 2.16. The number of hydrogen-bond acceptors (Lipinski definition) is 6. The van der Waals surface area contributed by atoms with Crippen LogP contribution in [0, 0.1) is 17.2 Å². The van der Waals surface area contributed by atoms with Gasteiger partial charge in [-0.1, -0.05) is 0 Å². The molecule has 80 valence electrons. The molecule has 1 unspecified atom stereocenters. The average molecular weight is 227 g/mol. The first kappa shape index (κ1) is 11.5. The Balaban J connectivity index is 2.82. The normalized spacial score (nSPS) is 11.9. The van der Waals surface area contributed by atoms with Gasteiger partial charge in [0.1, 0.15) is 0 Å². The summed E-state index contributed by atoms with van der Waals surface area (Å²) in [6.07, 6.45) is 0. The van der Waals surface area contributed by atoms with Gasteiger partial charge in [0.05, 0.1) is 12.0 Å². The van der Waals surface area contributed by atoms with Gasteiger partial charge in [-0.05, 0) is 18.5 Å². The van der Waals surface area contributed by atoms with Gasteiger partial charge in [-0.2, -0.15) is 20.2 Å². The van der Waals surface area contributed by atoms with Crippen LogP contribution in [-0.4, -0.2) is 28.5 Å². The lowest BCUT2D eigenvalue weighted by Gasteiger charge is -2.17. The monoisotopic (exact) mass is 226 g/mol. The summed E-state index contributed by atoms with van der Waals surface area (Å²) in [5, 5.41) is 8.71. The zero-order valence-electron chi connectivity index (χ0n) is 8.48. The van der Waals surface area contributed by atoms with E-state index in [0.29, 0.717) is 12.5 Å². The quantitative estimate of drug-likeness (QED) is 0.816. The van der Waals surface area contributed by atoms with Crippen LogP contribution in [0.25, 0.3) is 0 Å². The first-order valence-corrected chi connectivity index (χ1v) is 4.68. The molecule has 1 heterocycles. The summed E-state index contributed by atoms with van der Waals surface area (Å²) in [6, 6.07) is 2.12. The minimum absolute atomic E-state index is 0.0500. The fraction of sp³-hybridized carbons (Fsp3) is 0.500. The molecule has 0 radical (unpaired) electrons. The minimum atomic E-state index is -0.119. The van der Waals surface area contributed by atoms with Crippen molar-refractivity contribution in [2.75, 3.05) is 24.2 Å². The Morgan fingerprint density at radius 2 is 2.20 bits per heavy atom. The SMILES string of the molecule is CC(C#N)CN(C)c1nc(N)nc(Cl)n1. The number of nitrogens with zero attached hydrogens (tertiary/aromatic N) is 5. The number of nitriles is 1. The fourth-order valence-electron chi connectivity index (χ4n) is 1.06. The van der Waals surface area contributed by atoms with Gasteiger partial charge >= 0.3 is 0 Å². The molecule has 0 aliphatic rings. The lowest BCUT2D eigenvalue weighted by atomic mass is 10.2. The van der Waals surface area contributed by atoms with E-state index in [2.05, 4.69) is 21.0 Å². The predicted molar refractivity (Wildman–Crippen MR) is 57.3 cm³/mol. The van der Waals surface area contributed by atoms with E-state index in [4.69, 9.17) is 22.6 Å². The van der Waals surface area contributed by atoms with Crippen molar-refractivity contribution < 1.29 is 0 Å². The first-order valence-electron chi connectivity index (χ1n) is 4.30. The third kappa shape index (κ3) is 3.22. The van der Waals surface area contributed by atoms with Gasteiger partial charge in [-0.3, -0.25) is 0 Å². The molecule has 0 spiro atoms. The molecule has 0 amide bonds. The van der Waals surface area contributed by atoms with Crippen LogP contribution in [0.3, 0.4) is 0 Å². The molecule has 2 N–H and O–H groups in total. The summed E-state index contributed by atoms with van der Waals surface area (Å²) >= 11 is 5.63. The lowest BCUT2D eigenvalue weighted by Crippen LogP contribution is -2.25. The second-order valence-electron chi connectivity index (χ2n) is 3.17. The fourth-order valence-corrected chi connectivity index (χ4v) is 1.22. The number of nitrogen functional groups attached to an aromatic ring is 1. The van der Waals surface area contributed by atoms with Gasteiger partial charge in [0.25, 0.3) is 0 Å². The number of halogens is 1. The molecule has 0 aliphatic carbocycles. The van der Waals surface area contributed by atoms with Crippen molar-refractivity contribution in [2.45, 2.75) is 6.92 Å². The molecule has 0 bridgehead atoms. The van der Waals surface area contributed by atoms with Gasteiger partial charge in [0.2, 0.25) is 17.2 Å². The van der Waals surface area contributed by atoms with E-state index in [-0.39, 0.29) is 17.1 Å². The smallest absolute Gasteiger partial charge is 0.231 e. The Bertz CT molecular complexity index is 367. The summed E-state index contributed by atoms with van der Waals surface area (Å²) in [4.78, 5) is 13.2. The summed E-state index contributed by atoms with van der Waals surface area (Å²) < 4.78 is 0. The number of anilines is 2. The lowest BCUT2D eigenvalue weighted by molar-refractivity contribution is 0.701.